The Kier molecular flexibility index (Phi) is 11.0. The Bertz CT molecular complexity index is 605. The van der Waals surface area contributed by atoms with E-state index in [4.69, 9.17) is 10.5 Å². The Hall–Kier alpha value is -0.414. The van der Waals surface area contributed by atoms with E-state index in [-0.39, 0.29) is 51.4 Å². The summed E-state index contributed by atoms with van der Waals surface area (Å²) in [5.74, 6) is 0. The van der Waals surface area contributed by atoms with E-state index < -0.39 is 0 Å². The quantitative estimate of drug-likeness (QED) is 0.419. The average molecular weight is 329 g/mol. The fourth-order valence-corrected chi connectivity index (χ4v) is 2.39. The molecule has 2 aromatic heterocycles. The summed E-state index contributed by atoms with van der Waals surface area (Å²) >= 11 is 1.29. The van der Waals surface area contributed by atoms with Crippen molar-refractivity contribution in [3.8, 4) is 0 Å². The van der Waals surface area contributed by atoms with E-state index in [1.807, 2.05) is 18.3 Å². The maximum atomic E-state index is 10.6. The van der Waals surface area contributed by atoms with Crippen molar-refractivity contribution in [2.75, 3.05) is 7.11 Å². The minimum Gasteiger partial charge on any atom is -0.857 e. The number of H-pyrrole nitrogens is 1. The second-order valence-electron chi connectivity index (χ2n) is 3.69. The van der Waals surface area contributed by atoms with E-state index in [2.05, 4.69) is 16.9 Å². The molecule has 2 heterocycles. The summed E-state index contributed by atoms with van der Waals surface area (Å²) < 4.78 is 0. The van der Waals surface area contributed by atoms with Crippen LogP contribution in [0.5, 0.6) is 0 Å². The van der Waals surface area contributed by atoms with Crippen molar-refractivity contribution in [2.24, 2.45) is 0 Å². The van der Waals surface area contributed by atoms with Crippen LogP contribution in [0.2, 0.25) is 0 Å². The van der Waals surface area contributed by atoms with Gasteiger partial charge in [-0.1, -0.05) is 6.92 Å². The molecule has 0 saturated carbocycles. The average Bonchev–Trinajstić information content (AvgIpc) is 3.15. The van der Waals surface area contributed by atoms with Crippen LogP contribution in [-0.2, 0) is 6.42 Å². The van der Waals surface area contributed by atoms with E-state index in [9.17, 15) is 4.79 Å². The molecule has 0 bridgehead atoms. The summed E-state index contributed by atoms with van der Waals surface area (Å²) in [6, 6.07) is 2.02. The molecule has 0 spiro atoms. The number of aryl methyl sites for hydroxylation is 1. The molecule has 0 aliphatic heterocycles. The number of aromatic nitrogens is 2. The third-order valence-corrected chi connectivity index (χ3v) is 3.59. The first kappa shape index (κ1) is 20.6. The summed E-state index contributed by atoms with van der Waals surface area (Å²) in [6.07, 6.45) is 8.36. The maximum absolute atomic E-state index is 10.6. The van der Waals surface area contributed by atoms with Crippen molar-refractivity contribution < 1.29 is 61.3 Å². The number of nitrogens with one attached hydrogen (secondary N) is 2. The van der Waals surface area contributed by atoms with E-state index in [1.54, 1.807) is 6.20 Å². The minimum atomic E-state index is 0. The molecule has 0 radical (unpaired) electrons. The molecule has 0 saturated heterocycles. The van der Waals surface area contributed by atoms with Gasteiger partial charge < -0.3 is 15.5 Å². The van der Waals surface area contributed by atoms with Crippen molar-refractivity contribution in [3.05, 3.63) is 39.6 Å². The molecule has 2 rings (SSSR count). The molecule has 2 N–H and O–H groups in total. The zero-order valence-electron chi connectivity index (χ0n) is 12.3. The second kappa shape index (κ2) is 11.2. The van der Waals surface area contributed by atoms with Gasteiger partial charge >= 0.3 is 51.4 Å². The van der Waals surface area contributed by atoms with Gasteiger partial charge in [-0.2, -0.15) is 7.11 Å². The predicted octanol–water partition coefficient (Wildman–Crippen LogP) is -0.983. The molecule has 0 aliphatic rings. The van der Waals surface area contributed by atoms with Gasteiger partial charge in [-0.15, -0.1) is 11.3 Å². The van der Waals surface area contributed by atoms with Crippen LogP contribution < -0.4 is 56.5 Å². The van der Waals surface area contributed by atoms with Crippen LogP contribution >= 0.6 is 11.3 Å². The van der Waals surface area contributed by atoms with E-state index in [0.29, 0.717) is 5.01 Å². The van der Waals surface area contributed by atoms with Crippen LogP contribution in [0.15, 0.2) is 18.5 Å². The number of allylic oxidation sites excluding steroid dienone is 1. The molecule has 0 unspecified atom stereocenters. The first-order valence-corrected chi connectivity index (χ1v) is 6.80. The Morgan fingerprint density at radius 2 is 2.24 bits per heavy atom. The van der Waals surface area contributed by atoms with E-state index in [0.717, 1.165) is 36.0 Å². The smallest absolute Gasteiger partial charge is 0.857 e. The molecule has 21 heavy (non-hydrogen) atoms. The largest absolute Gasteiger partial charge is 1.00 e. The SMILES string of the molecule is CCc1cc[nH]c1/C=C(\C=N)c1cnc(C=O)s1.C[O-].[K+]. The second-order valence-corrected chi connectivity index (χ2v) is 4.76. The van der Waals surface area contributed by atoms with Gasteiger partial charge in [-0.25, -0.2) is 4.98 Å². The summed E-state index contributed by atoms with van der Waals surface area (Å²) in [4.78, 5) is 18.6. The van der Waals surface area contributed by atoms with Gasteiger partial charge in [0, 0.05) is 29.9 Å². The van der Waals surface area contributed by atoms with Gasteiger partial charge in [0.2, 0.25) is 0 Å². The topological polar surface area (TPSA) is 92.7 Å². The zero-order valence-corrected chi connectivity index (χ0v) is 16.3. The fourth-order valence-electron chi connectivity index (χ4n) is 1.67. The van der Waals surface area contributed by atoms with Crippen molar-refractivity contribution >= 4 is 35.5 Å². The van der Waals surface area contributed by atoms with Gasteiger partial charge in [0.15, 0.2) is 11.3 Å². The van der Waals surface area contributed by atoms with Crippen LogP contribution in [0.3, 0.4) is 0 Å². The third-order valence-electron chi connectivity index (χ3n) is 2.61. The Balaban J connectivity index is 0.00000128. The van der Waals surface area contributed by atoms with Crippen molar-refractivity contribution in [3.63, 3.8) is 0 Å². The summed E-state index contributed by atoms with van der Waals surface area (Å²) in [5.41, 5.74) is 2.95. The Morgan fingerprint density at radius 1 is 1.52 bits per heavy atom. The first-order chi connectivity index (χ1) is 9.78. The number of rotatable bonds is 5. The van der Waals surface area contributed by atoms with Crippen LogP contribution in [-0.4, -0.2) is 29.6 Å². The molecule has 0 atom stereocenters. The maximum Gasteiger partial charge on any atom is 1.00 e. The monoisotopic (exact) mass is 329 g/mol. The van der Waals surface area contributed by atoms with Crippen LogP contribution in [0.25, 0.3) is 11.6 Å². The van der Waals surface area contributed by atoms with Crippen molar-refractivity contribution in [2.45, 2.75) is 13.3 Å². The van der Waals surface area contributed by atoms with E-state index in [1.165, 1.54) is 23.1 Å². The first-order valence-electron chi connectivity index (χ1n) is 5.99. The van der Waals surface area contributed by atoms with Crippen LogP contribution in [0.1, 0.15) is 32.9 Å². The standard InChI is InChI=1S/C13H13N3OS.CH3O.K/c1-2-9-3-4-15-11(9)5-10(6-14)12-7-16-13(8-17)18-12;1-2;/h3-8,14-15H,2H2,1H3;1H3;/q;-1;+1/b10-5+,14-6?;;. The molecule has 0 amide bonds. The number of carbonyl (C=O) groups is 1. The minimum absolute atomic E-state index is 0. The Labute approximate surface area is 170 Å². The molecule has 0 aliphatic carbocycles. The summed E-state index contributed by atoms with van der Waals surface area (Å²) in [6.45, 7) is 2.09. The van der Waals surface area contributed by atoms with Gasteiger partial charge in [0.25, 0.3) is 0 Å². The van der Waals surface area contributed by atoms with E-state index >= 15 is 0 Å². The van der Waals surface area contributed by atoms with Gasteiger partial charge in [-0.3, -0.25) is 4.79 Å². The van der Waals surface area contributed by atoms with Gasteiger partial charge in [0.1, 0.15) is 0 Å². The molecular weight excluding hydrogens is 313 g/mol. The van der Waals surface area contributed by atoms with Crippen molar-refractivity contribution in [1.29, 1.82) is 5.41 Å². The predicted molar refractivity (Wildman–Crippen MR) is 80.3 cm³/mol. The molecule has 7 heteroatoms. The number of aldehydes is 1. The number of nitrogens with zero attached hydrogens (tertiary/aromatic N) is 1. The summed E-state index contributed by atoms with van der Waals surface area (Å²) in [5, 5.41) is 16.2. The van der Waals surface area contributed by atoms with Gasteiger partial charge in [0.05, 0.1) is 4.88 Å². The molecular formula is C14H16KN3O2S. The van der Waals surface area contributed by atoms with Gasteiger partial charge in [-0.05, 0) is 24.1 Å². The molecule has 106 valence electrons. The molecule has 0 aromatic carbocycles. The number of hydrogen-bond donors (Lipinski definition) is 2. The fraction of sp³-hybridized carbons (Fsp3) is 0.214. The molecule has 5 nitrogen and oxygen atoms in total. The third kappa shape index (κ3) is 5.70. The zero-order chi connectivity index (χ0) is 15.0. The van der Waals surface area contributed by atoms with Crippen LogP contribution in [0.4, 0.5) is 0 Å². The summed E-state index contributed by atoms with van der Waals surface area (Å²) in [7, 11) is 0.750. The normalized spacial score (nSPS) is 10.1. The number of aromatic amines is 1. The molecule has 2 aromatic rings. The van der Waals surface area contributed by atoms with Crippen LogP contribution in [0, 0.1) is 5.41 Å². The Morgan fingerprint density at radius 3 is 2.76 bits per heavy atom. The van der Waals surface area contributed by atoms with Crippen molar-refractivity contribution in [1.82, 2.24) is 9.97 Å². The number of thiazole rings is 1. The number of hydrogen-bond acceptors (Lipinski definition) is 5. The number of carbonyl (C=O) groups excluding carboxylic acids is 1. The molecule has 0 fully saturated rings.